The predicted octanol–water partition coefficient (Wildman–Crippen LogP) is 4.45. The molecule has 0 saturated heterocycles. The highest BCUT2D eigenvalue weighted by molar-refractivity contribution is 5.99. The molecule has 0 unspecified atom stereocenters. The highest BCUT2D eigenvalue weighted by Gasteiger charge is 2.42. The Labute approximate surface area is 152 Å². The third-order valence-electron chi connectivity index (χ3n) is 5.02. The monoisotopic (exact) mass is 347 g/mol. The molecule has 0 N–H and O–H groups in total. The Morgan fingerprint density at radius 1 is 1.04 bits per heavy atom. The van der Waals surface area contributed by atoms with Gasteiger partial charge in [-0.1, -0.05) is 55.3 Å². The van der Waals surface area contributed by atoms with E-state index < -0.39 is 0 Å². The van der Waals surface area contributed by atoms with Gasteiger partial charge in [0.1, 0.15) is 5.58 Å². The topological polar surface area (TPSA) is 50.5 Å². The minimum absolute atomic E-state index is 0.111. The molecular formula is C22H21NO3. The lowest BCUT2D eigenvalue weighted by atomic mass is 9.97. The van der Waals surface area contributed by atoms with Crippen molar-refractivity contribution in [2.24, 2.45) is 0 Å². The molecule has 4 nitrogen and oxygen atoms in total. The summed E-state index contributed by atoms with van der Waals surface area (Å²) in [5.41, 5.74) is 2.91. The Kier molecular flexibility index (Phi) is 4.11. The molecule has 0 radical (unpaired) electrons. The molecule has 2 heterocycles. The van der Waals surface area contributed by atoms with Crippen LogP contribution >= 0.6 is 0 Å². The Morgan fingerprint density at radius 2 is 1.77 bits per heavy atom. The number of hydrogen-bond acceptors (Lipinski definition) is 3. The summed E-state index contributed by atoms with van der Waals surface area (Å²) in [6.45, 7) is 4.72. The molecule has 4 heteroatoms. The molecule has 1 atom stereocenters. The van der Waals surface area contributed by atoms with Gasteiger partial charge >= 0.3 is 0 Å². The van der Waals surface area contributed by atoms with Crippen molar-refractivity contribution in [3.05, 3.63) is 81.2 Å². The van der Waals surface area contributed by atoms with Gasteiger partial charge in [0.2, 0.25) is 5.76 Å². The van der Waals surface area contributed by atoms with E-state index in [1.54, 1.807) is 17.0 Å². The van der Waals surface area contributed by atoms with Crippen LogP contribution in [0.4, 0.5) is 0 Å². The maximum Gasteiger partial charge on any atom is 0.290 e. The van der Waals surface area contributed by atoms with Gasteiger partial charge in [-0.05, 0) is 31.0 Å². The van der Waals surface area contributed by atoms with E-state index in [1.165, 1.54) is 0 Å². The standard InChI is InChI=1S/C22H21NO3/c1-3-4-13-23-19(15-11-9-14(2)10-12-15)18-20(24)16-7-5-6-8-17(16)26-21(18)22(23)25/h5-12,19H,3-4,13H2,1-2H3/t19-/m1/s1. The maximum atomic E-state index is 13.2. The lowest BCUT2D eigenvalue weighted by Crippen LogP contribution is -2.30. The fourth-order valence-corrected chi connectivity index (χ4v) is 3.62. The minimum atomic E-state index is -0.384. The van der Waals surface area contributed by atoms with Crippen LogP contribution in [0.3, 0.4) is 0 Å². The quantitative estimate of drug-likeness (QED) is 0.701. The van der Waals surface area contributed by atoms with Crippen molar-refractivity contribution in [1.82, 2.24) is 4.90 Å². The molecular weight excluding hydrogens is 326 g/mol. The van der Waals surface area contributed by atoms with E-state index in [9.17, 15) is 9.59 Å². The van der Waals surface area contributed by atoms with Crippen LogP contribution in [0.25, 0.3) is 11.0 Å². The molecule has 3 aromatic rings. The van der Waals surface area contributed by atoms with Crippen LogP contribution in [-0.4, -0.2) is 17.4 Å². The van der Waals surface area contributed by atoms with Crippen molar-refractivity contribution in [3.63, 3.8) is 0 Å². The molecule has 1 aliphatic heterocycles. The van der Waals surface area contributed by atoms with E-state index in [0.29, 0.717) is 23.1 Å². The Hall–Kier alpha value is -2.88. The fourth-order valence-electron chi connectivity index (χ4n) is 3.62. The molecule has 26 heavy (non-hydrogen) atoms. The molecule has 0 bridgehead atoms. The average molecular weight is 347 g/mol. The van der Waals surface area contributed by atoms with E-state index in [2.05, 4.69) is 6.92 Å². The van der Waals surface area contributed by atoms with Crippen LogP contribution in [0.2, 0.25) is 0 Å². The van der Waals surface area contributed by atoms with E-state index in [-0.39, 0.29) is 23.1 Å². The number of para-hydroxylation sites is 1. The second-order valence-corrected chi connectivity index (χ2v) is 6.84. The Morgan fingerprint density at radius 3 is 2.50 bits per heavy atom. The normalized spacial score (nSPS) is 16.3. The van der Waals surface area contributed by atoms with E-state index >= 15 is 0 Å². The number of unbranched alkanes of at least 4 members (excludes halogenated alkanes) is 1. The maximum absolute atomic E-state index is 13.2. The van der Waals surface area contributed by atoms with Crippen molar-refractivity contribution in [1.29, 1.82) is 0 Å². The molecule has 1 aromatic heterocycles. The third kappa shape index (κ3) is 2.53. The molecule has 0 aliphatic carbocycles. The molecule has 0 spiro atoms. The molecule has 1 aliphatic rings. The molecule has 132 valence electrons. The summed E-state index contributed by atoms with van der Waals surface area (Å²) < 4.78 is 5.89. The number of benzene rings is 2. The number of fused-ring (bicyclic) bond motifs is 2. The number of nitrogens with zero attached hydrogens (tertiary/aromatic N) is 1. The zero-order valence-electron chi connectivity index (χ0n) is 15.0. The van der Waals surface area contributed by atoms with Crippen molar-refractivity contribution in [3.8, 4) is 0 Å². The van der Waals surface area contributed by atoms with Crippen LogP contribution in [-0.2, 0) is 0 Å². The van der Waals surface area contributed by atoms with Gasteiger partial charge in [0.25, 0.3) is 5.91 Å². The van der Waals surface area contributed by atoms with Gasteiger partial charge in [0.15, 0.2) is 5.43 Å². The van der Waals surface area contributed by atoms with Gasteiger partial charge < -0.3 is 9.32 Å². The number of rotatable bonds is 4. The summed E-state index contributed by atoms with van der Waals surface area (Å²) in [5.74, 6) is -0.00254. The first-order valence-electron chi connectivity index (χ1n) is 9.05. The van der Waals surface area contributed by atoms with Crippen LogP contribution in [0.5, 0.6) is 0 Å². The van der Waals surface area contributed by atoms with Gasteiger partial charge in [-0.25, -0.2) is 0 Å². The van der Waals surface area contributed by atoms with Crippen molar-refractivity contribution in [2.75, 3.05) is 6.54 Å². The lowest BCUT2D eigenvalue weighted by Gasteiger charge is -2.25. The predicted molar refractivity (Wildman–Crippen MR) is 101 cm³/mol. The summed E-state index contributed by atoms with van der Waals surface area (Å²) in [4.78, 5) is 28.0. The third-order valence-corrected chi connectivity index (χ3v) is 5.02. The molecule has 0 saturated carbocycles. The number of hydrogen-bond donors (Lipinski definition) is 0. The van der Waals surface area contributed by atoms with Gasteiger partial charge in [-0.3, -0.25) is 9.59 Å². The number of carbonyl (C=O) groups is 1. The zero-order valence-corrected chi connectivity index (χ0v) is 15.0. The summed E-state index contributed by atoms with van der Waals surface area (Å²) in [5, 5.41) is 0.522. The van der Waals surface area contributed by atoms with Crippen LogP contribution in [0.15, 0.2) is 57.7 Å². The summed E-state index contributed by atoms with van der Waals surface area (Å²) in [6.07, 6.45) is 1.86. The second kappa shape index (κ2) is 6.45. The fraction of sp³-hybridized carbons (Fsp3) is 0.273. The van der Waals surface area contributed by atoms with E-state index in [1.807, 2.05) is 43.3 Å². The summed E-state index contributed by atoms with van der Waals surface area (Å²) in [7, 11) is 0. The first kappa shape index (κ1) is 16.6. The van der Waals surface area contributed by atoms with Gasteiger partial charge in [0, 0.05) is 6.54 Å². The molecule has 0 fully saturated rings. The first-order chi connectivity index (χ1) is 12.6. The van der Waals surface area contributed by atoms with Crippen LogP contribution in [0.1, 0.15) is 53.1 Å². The number of amides is 1. The SMILES string of the molecule is CCCCN1C(=O)c2oc3ccccc3c(=O)c2[C@H]1c1ccc(C)cc1. The highest BCUT2D eigenvalue weighted by Crippen LogP contribution is 2.38. The van der Waals surface area contributed by atoms with Gasteiger partial charge in [-0.2, -0.15) is 0 Å². The largest absolute Gasteiger partial charge is 0.450 e. The van der Waals surface area contributed by atoms with Crippen LogP contribution in [0, 0.1) is 6.92 Å². The molecule has 1 amide bonds. The van der Waals surface area contributed by atoms with Crippen molar-refractivity contribution in [2.45, 2.75) is 32.7 Å². The lowest BCUT2D eigenvalue weighted by molar-refractivity contribution is 0.0725. The Balaban J connectivity index is 1.96. The Bertz CT molecular complexity index is 1030. The van der Waals surface area contributed by atoms with Gasteiger partial charge in [-0.15, -0.1) is 0 Å². The van der Waals surface area contributed by atoms with E-state index in [0.717, 1.165) is 24.0 Å². The van der Waals surface area contributed by atoms with Crippen LogP contribution < -0.4 is 5.43 Å². The smallest absolute Gasteiger partial charge is 0.290 e. The highest BCUT2D eigenvalue weighted by atomic mass is 16.3. The van der Waals surface area contributed by atoms with Gasteiger partial charge in [0.05, 0.1) is 17.0 Å². The molecule has 4 rings (SSSR count). The number of carbonyl (C=O) groups excluding carboxylic acids is 1. The second-order valence-electron chi connectivity index (χ2n) is 6.84. The zero-order chi connectivity index (χ0) is 18.3. The van der Waals surface area contributed by atoms with Crippen molar-refractivity contribution < 1.29 is 9.21 Å². The first-order valence-corrected chi connectivity index (χ1v) is 9.05. The van der Waals surface area contributed by atoms with E-state index in [4.69, 9.17) is 4.42 Å². The minimum Gasteiger partial charge on any atom is -0.450 e. The number of aryl methyl sites for hydroxylation is 1. The summed E-state index contributed by atoms with van der Waals surface area (Å²) in [6, 6.07) is 14.8. The molecule has 2 aromatic carbocycles. The summed E-state index contributed by atoms with van der Waals surface area (Å²) >= 11 is 0. The average Bonchev–Trinajstić information content (AvgIpc) is 2.93. The van der Waals surface area contributed by atoms with Crippen molar-refractivity contribution >= 4 is 16.9 Å².